The Bertz CT molecular complexity index is 922. The lowest BCUT2D eigenvalue weighted by Crippen LogP contribution is -2.68. The summed E-state index contributed by atoms with van der Waals surface area (Å²) in [5, 5.41) is 3.00. The van der Waals surface area contributed by atoms with Gasteiger partial charge in [-0.3, -0.25) is 9.59 Å². The second kappa shape index (κ2) is 6.57. The van der Waals surface area contributed by atoms with Crippen molar-refractivity contribution in [2.75, 3.05) is 6.54 Å². The van der Waals surface area contributed by atoms with Gasteiger partial charge in [0.25, 0.3) is 5.91 Å². The monoisotopic (exact) mass is 396 g/mol. The number of nitrogens with one attached hydrogen (secondary N) is 1. The van der Waals surface area contributed by atoms with Gasteiger partial charge < -0.3 is 14.6 Å². The minimum Gasteiger partial charge on any atom is -0.338 e. The average Bonchev–Trinajstić information content (AvgIpc) is 3.08. The molecule has 156 valence electrons. The van der Waals surface area contributed by atoms with E-state index in [2.05, 4.69) is 31.1 Å². The number of hydrogen-bond donors (Lipinski definition) is 1. The van der Waals surface area contributed by atoms with Gasteiger partial charge in [0.2, 0.25) is 5.91 Å². The zero-order valence-corrected chi connectivity index (χ0v) is 18.3. The third kappa shape index (κ3) is 3.22. The highest BCUT2D eigenvalue weighted by atomic mass is 16.2. The van der Waals surface area contributed by atoms with E-state index < -0.39 is 11.5 Å². The van der Waals surface area contributed by atoms with Crippen LogP contribution in [0.15, 0.2) is 30.6 Å². The highest BCUT2D eigenvalue weighted by molar-refractivity contribution is 5.97. The van der Waals surface area contributed by atoms with E-state index in [0.717, 1.165) is 6.54 Å². The summed E-state index contributed by atoms with van der Waals surface area (Å²) in [6.45, 7) is 13.6. The van der Waals surface area contributed by atoms with E-state index in [-0.39, 0.29) is 17.9 Å². The number of aromatic nitrogens is 2. The lowest BCUT2D eigenvalue weighted by molar-refractivity contribution is -0.169. The molecule has 2 aliphatic heterocycles. The van der Waals surface area contributed by atoms with E-state index >= 15 is 0 Å². The first-order valence-electron chi connectivity index (χ1n) is 10.5. The molecule has 0 aromatic carbocycles. The number of carbonyl (C=O) groups is 2. The first-order valence-corrected chi connectivity index (χ1v) is 10.5. The maximum Gasteiger partial charge on any atom is 0.272 e. The van der Waals surface area contributed by atoms with Gasteiger partial charge in [0.15, 0.2) is 0 Å². The largest absolute Gasteiger partial charge is 0.338 e. The van der Waals surface area contributed by atoms with Crippen molar-refractivity contribution in [1.82, 2.24) is 19.6 Å². The van der Waals surface area contributed by atoms with Crippen molar-refractivity contribution in [3.05, 3.63) is 36.3 Å². The van der Waals surface area contributed by atoms with Crippen molar-refractivity contribution in [3.63, 3.8) is 0 Å². The van der Waals surface area contributed by atoms with Crippen LogP contribution in [0.2, 0.25) is 0 Å². The van der Waals surface area contributed by atoms with Crippen LogP contribution in [-0.4, -0.2) is 44.7 Å². The van der Waals surface area contributed by atoms with E-state index in [9.17, 15) is 9.59 Å². The Labute approximate surface area is 172 Å². The zero-order chi connectivity index (χ0) is 21.1. The Hall–Kier alpha value is -2.37. The molecule has 0 spiro atoms. The molecule has 2 aromatic rings. The third-order valence-corrected chi connectivity index (χ3v) is 7.31. The lowest BCUT2D eigenvalue weighted by Gasteiger charge is -2.63. The van der Waals surface area contributed by atoms with Crippen LogP contribution in [0.1, 0.15) is 58.5 Å². The standard InChI is InChI=1S/C23H32N4O2/c1-14-16-11-15(23(16,5)6)12-27(14)21(29)19(22(2,3)4)25-20(28)17-13-26-10-8-7-9-18(26)24-17/h7-10,13-16,19H,11-12H2,1-6H3,(H,25,28)/t14-,15?,16+,19-/m1/s1. The fraction of sp³-hybridized carbons (Fsp3) is 0.609. The van der Waals surface area contributed by atoms with E-state index in [1.807, 2.05) is 54.5 Å². The minimum absolute atomic E-state index is 0.0207. The van der Waals surface area contributed by atoms with Crippen LogP contribution < -0.4 is 5.32 Å². The molecule has 2 saturated heterocycles. The molecule has 5 rings (SSSR count). The molecule has 6 nitrogen and oxygen atoms in total. The molecular weight excluding hydrogens is 364 g/mol. The Kier molecular flexibility index (Phi) is 4.52. The quantitative estimate of drug-likeness (QED) is 0.865. The van der Waals surface area contributed by atoms with Crippen molar-refractivity contribution in [3.8, 4) is 0 Å². The van der Waals surface area contributed by atoms with Crippen molar-refractivity contribution < 1.29 is 9.59 Å². The number of nitrogens with zero attached hydrogens (tertiary/aromatic N) is 3. The van der Waals surface area contributed by atoms with Crippen LogP contribution in [0.3, 0.4) is 0 Å². The molecule has 29 heavy (non-hydrogen) atoms. The number of amides is 2. The molecule has 0 radical (unpaired) electrons. The third-order valence-electron chi connectivity index (χ3n) is 7.31. The summed E-state index contributed by atoms with van der Waals surface area (Å²) in [7, 11) is 0. The molecule has 2 aromatic heterocycles. The summed E-state index contributed by atoms with van der Waals surface area (Å²) in [4.78, 5) is 32.9. The average molecular weight is 397 g/mol. The number of piperidine rings is 2. The predicted octanol–water partition coefficient (Wildman–Crippen LogP) is 3.37. The fourth-order valence-corrected chi connectivity index (χ4v) is 5.16. The van der Waals surface area contributed by atoms with E-state index in [1.165, 1.54) is 6.42 Å². The molecule has 4 heterocycles. The summed E-state index contributed by atoms with van der Waals surface area (Å²) in [6.07, 6.45) is 4.76. The fourth-order valence-electron chi connectivity index (χ4n) is 5.16. The van der Waals surface area contributed by atoms with Crippen LogP contribution in [-0.2, 0) is 4.79 Å². The van der Waals surface area contributed by atoms with Gasteiger partial charge in [-0.15, -0.1) is 0 Å². The summed E-state index contributed by atoms with van der Waals surface area (Å²) >= 11 is 0. The van der Waals surface area contributed by atoms with Crippen LogP contribution >= 0.6 is 0 Å². The van der Waals surface area contributed by atoms with Gasteiger partial charge in [0.1, 0.15) is 17.4 Å². The predicted molar refractivity (Wildman–Crippen MR) is 112 cm³/mol. The van der Waals surface area contributed by atoms with Crippen LogP contribution in [0, 0.1) is 22.7 Å². The molecule has 3 aliphatic rings. The summed E-state index contributed by atoms with van der Waals surface area (Å²) in [6, 6.07) is 5.23. The van der Waals surface area contributed by atoms with E-state index in [0.29, 0.717) is 28.6 Å². The molecule has 1 saturated carbocycles. The van der Waals surface area contributed by atoms with Crippen LogP contribution in [0.4, 0.5) is 0 Å². The summed E-state index contributed by atoms with van der Waals surface area (Å²) in [5.41, 5.74) is 0.938. The first kappa shape index (κ1) is 19.9. The number of fused-ring (bicyclic) bond motifs is 3. The van der Waals surface area contributed by atoms with Crippen LogP contribution in [0.25, 0.3) is 5.65 Å². The molecule has 6 heteroatoms. The number of rotatable bonds is 3. The Morgan fingerprint density at radius 3 is 2.59 bits per heavy atom. The highest BCUT2D eigenvalue weighted by Crippen LogP contribution is 2.57. The number of carbonyl (C=O) groups excluding carboxylic acids is 2. The van der Waals surface area contributed by atoms with Gasteiger partial charge in [-0.05, 0) is 48.1 Å². The van der Waals surface area contributed by atoms with Gasteiger partial charge in [0, 0.05) is 25.0 Å². The topological polar surface area (TPSA) is 66.7 Å². The smallest absolute Gasteiger partial charge is 0.272 e. The SMILES string of the molecule is C[C@@H]1[C@@H]2CC(CN1C(=O)[C@@H](NC(=O)c1cn3ccccc3n1)C(C)(C)C)C2(C)C. The Balaban J connectivity index is 1.55. The summed E-state index contributed by atoms with van der Waals surface area (Å²) in [5.74, 6) is 0.784. The maximum absolute atomic E-state index is 13.6. The van der Waals surface area contributed by atoms with E-state index in [1.54, 1.807) is 6.20 Å². The van der Waals surface area contributed by atoms with Crippen molar-refractivity contribution >= 4 is 17.5 Å². The normalized spacial score (nSPS) is 26.7. The molecular formula is C23H32N4O2. The summed E-state index contributed by atoms with van der Waals surface area (Å²) < 4.78 is 1.81. The highest BCUT2D eigenvalue weighted by Gasteiger charge is 2.57. The van der Waals surface area contributed by atoms with E-state index in [4.69, 9.17) is 0 Å². The molecule has 1 aliphatic carbocycles. The molecule has 2 bridgehead atoms. The van der Waals surface area contributed by atoms with Gasteiger partial charge in [0.05, 0.1) is 0 Å². The van der Waals surface area contributed by atoms with Crippen LogP contribution in [0.5, 0.6) is 0 Å². The Morgan fingerprint density at radius 2 is 2.00 bits per heavy atom. The molecule has 4 atom stereocenters. The lowest BCUT2D eigenvalue weighted by atomic mass is 9.50. The molecule has 3 fully saturated rings. The number of hydrogen-bond acceptors (Lipinski definition) is 3. The maximum atomic E-state index is 13.6. The molecule has 2 amide bonds. The van der Waals surface area contributed by atoms with Gasteiger partial charge in [-0.1, -0.05) is 40.7 Å². The first-order chi connectivity index (χ1) is 13.5. The van der Waals surface area contributed by atoms with Crippen molar-refractivity contribution in [2.24, 2.45) is 22.7 Å². The van der Waals surface area contributed by atoms with Gasteiger partial charge in [-0.2, -0.15) is 0 Å². The van der Waals surface area contributed by atoms with Gasteiger partial charge in [-0.25, -0.2) is 4.98 Å². The Morgan fingerprint density at radius 1 is 1.28 bits per heavy atom. The number of imidazole rings is 1. The van der Waals surface area contributed by atoms with Gasteiger partial charge >= 0.3 is 0 Å². The molecule has 1 unspecified atom stereocenters. The zero-order valence-electron chi connectivity index (χ0n) is 18.3. The van der Waals surface area contributed by atoms with Crippen molar-refractivity contribution in [1.29, 1.82) is 0 Å². The number of pyridine rings is 1. The molecule has 1 N–H and O–H groups in total. The minimum atomic E-state index is -0.595. The second-order valence-electron chi connectivity index (χ2n) is 10.5. The van der Waals surface area contributed by atoms with Crippen molar-refractivity contribution in [2.45, 2.75) is 60.0 Å². The second-order valence-corrected chi connectivity index (χ2v) is 10.5.